The van der Waals surface area contributed by atoms with E-state index in [1.54, 1.807) is 24.3 Å². The maximum Gasteiger partial charge on any atom is 0.338 e. The van der Waals surface area contributed by atoms with Crippen molar-refractivity contribution < 1.29 is 57.2 Å². The van der Waals surface area contributed by atoms with Crippen LogP contribution in [-0.4, -0.2) is 86.6 Å². The molecular formula is C38H32N6O13. The monoisotopic (exact) mass is 780 g/mol. The molecule has 1 aliphatic carbocycles. The Morgan fingerprint density at radius 3 is 2.35 bits per heavy atom. The smallest absolute Gasteiger partial charge is 0.338 e. The number of aromatic nitrogens is 4. The number of anilines is 2. The first kappa shape index (κ1) is 37.9. The Kier molecular flexibility index (Phi) is 10.2. The van der Waals surface area contributed by atoms with Gasteiger partial charge in [-0.15, -0.1) is 0 Å². The van der Waals surface area contributed by atoms with Crippen LogP contribution in [-0.2, 0) is 38.1 Å². The Hall–Kier alpha value is -7.41. The molecule has 4 atom stereocenters. The number of methoxy groups -OCH3 is 1. The van der Waals surface area contributed by atoms with Crippen molar-refractivity contribution in [2.24, 2.45) is 0 Å². The minimum Gasteiger partial charge on any atom is -0.508 e. The van der Waals surface area contributed by atoms with Crippen molar-refractivity contribution in [3.8, 4) is 28.2 Å². The molecule has 7 rings (SSSR count). The number of esters is 4. The van der Waals surface area contributed by atoms with Gasteiger partial charge >= 0.3 is 29.9 Å². The molecule has 0 bridgehead atoms. The number of imidazole rings is 1. The third-order valence-electron chi connectivity index (χ3n) is 8.83. The first-order valence-electron chi connectivity index (χ1n) is 17.1. The summed E-state index contributed by atoms with van der Waals surface area (Å²) in [4.78, 5) is 87.4. The number of nitrogens with one attached hydrogen (secondary N) is 2. The maximum atomic E-state index is 13.4. The van der Waals surface area contributed by atoms with Crippen molar-refractivity contribution >= 4 is 63.5 Å². The van der Waals surface area contributed by atoms with E-state index in [-0.39, 0.29) is 57.4 Å². The number of urea groups is 1. The number of nitrogens with zero attached hydrogens (tertiary/aromatic N) is 4. The van der Waals surface area contributed by atoms with Gasteiger partial charge < -0.3 is 38.5 Å². The van der Waals surface area contributed by atoms with Gasteiger partial charge in [0.2, 0.25) is 0 Å². The highest BCUT2D eigenvalue weighted by Gasteiger charge is 2.51. The summed E-state index contributed by atoms with van der Waals surface area (Å²) in [6.45, 7) is 3.20. The zero-order valence-corrected chi connectivity index (χ0v) is 30.5. The number of ether oxygens (including phenoxy) is 5. The third-order valence-corrected chi connectivity index (χ3v) is 8.83. The van der Waals surface area contributed by atoms with E-state index in [0.29, 0.717) is 22.1 Å². The number of rotatable bonds is 9. The number of hydrogen-bond donors (Lipinski definition) is 3. The number of carbonyl (C=O) groups is 5. The van der Waals surface area contributed by atoms with E-state index in [0.717, 1.165) is 20.2 Å². The first-order chi connectivity index (χ1) is 27.3. The highest BCUT2D eigenvalue weighted by molar-refractivity contribution is 6.09. The number of hydrogen-bond acceptors (Lipinski definition) is 16. The number of benzene rings is 3. The third kappa shape index (κ3) is 7.63. The van der Waals surface area contributed by atoms with Crippen LogP contribution in [0.25, 0.3) is 44.6 Å². The van der Waals surface area contributed by atoms with Gasteiger partial charge in [0.15, 0.2) is 40.8 Å². The van der Waals surface area contributed by atoms with Crippen molar-refractivity contribution in [3.05, 3.63) is 83.0 Å². The Bertz CT molecular complexity index is 2620. The second-order valence-corrected chi connectivity index (χ2v) is 12.7. The van der Waals surface area contributed by atoms with Gasteiger partial charge in [0.1, 0.15) is 36.1 Å². The van der Waals surface area contributed by atoms with Crippen LogP contribution in [0.5, 0.6) is 5.75 Å². The predicted molar refractivity (Wildman–Crippen MR) is 197 cm³/mol. The highest BCUT2D eigenvalue weighted by atomic mass is 16.7. The van der Waals surface area contributed by atoms with Crippen LogP contribution in [0.15, 0.2) is 76.5 Å². The topological polar surface area (TPSA) is 250 Å². The van der Waals surface area contributed by atoms with Gasteiger partial charge in [-0.25, -0.2) is 24.5 Å². The summed E-state index contributed by atoms with van der Waals surface area (Å²) in [7, 11) is 1.21. The van der Waals surface area contributed by atoms with E-state index >= 15 is 0 Å². The lowest BCUT2D eigenvalue weighted by Crippen LogP contribution is -2.40. The van der Waals surface area contributed by atoms with Crippen LogP contribution < -0.4 is 16.1 Å². The van der Waals surface area contributed by atoms with Crippen molar-refractivity contribution in [3.63, 3.8) is 0 Å². The molecule has 2 amide bonds. The summed E-state index contributed by atoms with van der Waals surface area (Å²) in [6.07, 6.45) is -2.16. The Morgan fingerprint density at radius 2 is 1.61 bits per heavy atom. The second-order valence-electron chi connectivity index (χ2n) is 12.7. The van der Waals surface area contributed by atoms with Crippen LogP contribution >= 0.6 is 0 Å². The molecule has 19 nitrogen and oxygen atoms in total. The fourth-order valence-corrected chi connectivity index (χ4v) is 6.58. The van der Waals surface area contributed by atoms with Crippen LogP contribution in [0.1, 0.15) is 37.4 Å². The van der Waals surface area contributed by atoms with Gasteiger partial charge in [-0.1, -0.05) is 6.07 Å². The number of fused-ring (bicyclic) bond motifs is 3. The van der Waals surface area contributed by atoms with E-state index in [1.807, 2.05) is 0 Å². The second kappa shape index (κ2) is 15.4. The van der Waals surface area contributed by atoms with E-state index in [4.69, 9.17) is 28.1 Å². The SMILES string of the molecule is COC(=O)c1cc(NC(=O)Nc2ncnc3c2ncn3[C@@H]2O[C@H](COC(C)=O)[C@@H](OC(C)=O)[C@H]2OC(C)=O)ccc1-c1c2ccc(=O)cc-2oc2cc(O)ccc12. The van der Waals surface area contributed by atoms with Crippen molar-refractivity contribution in [1.29, 1.82) is 0 Å². The fraction of sp³-hybridized carbons (Fsp3) is 0.237. The summed E-state index contributed by atoms with van der Waals surface area (Å²) in [5.41, 5.74) is 1.82. The lowest BCUT2D eigenvalue weighted by Gasteiger charge is -2.23. The molecule has 0 unspecified atom stereocenters. The molecule has 2 aliphatic heterocycles. The van der Waals surface area contributed by atoms with Gasteiger partial charge in [-0.2, -0.15) is 0 Å². The predicted octanol–water partition coefficient (Wildman–Crippen LogP) is 4.16. The summed E-state index contributed by atoms with van der Waals surface area (Å²) in [5, 5.41) is 16.0. The van der Waals surface area contributed by atoms with Crippen LogP contribution in [0.4, 0.5) is 16.3 Å². The molecule has 4 heterocycles. The number of carbonyl (C=O) groups excluding carboxylic acids is 5. The van der Waals surface area contributed by atoms with Crippen LogP contribution in [0.3, 0.4) is 0 Å². The molecule has 0 saturated carbocycles. The molecule has 292 valence electrons. The summed E-state index contributed by atoms with van der Waals surface area (Å²) in [6, 6.07) is 12.5. The van der Waals surface area contributed by atoms with E-state index in [9.17, 15) is 33.9 Å². The van der Waals surface area contributed by atoms with Gasteiger partial charge in [-0.3, -0.25) is 29.1 Å². The zero-order valence-electron chi connectivity index (χ0n) is 30.5. The van der Waals surface area contributed by atoms with Gasteiger partial charge in [0.05, 0.1) is 19.0 Å². The number of amides is 2. The van der Waals surface area contributed by atoms with Crippen LogP contribution in [0.2, 0.25) is 0 Å². The van der Waals surface area contributed by atoms with Crippen molar-refractivity contribution in [2.75, 3.05) is 24.4 Å². The molecule has 3 N–H and O–H groups in total. The molecule has 3 aliphatic rings. The standard InChI is InChI=1S/C38H32N6O13/c1-17(45)53-14-29-32(54-18(2)46)33(55-19(3)47)36(57-29)44-16-41-31-34(39-15-40-35(31)44)43-38(51)42-20-5-8-23(26(11-20)37(50)52-4)30-24-9-6-21(48)12-27(24)56-28-13-22(49)7-10-25(28)30/h5-13,15-16,29,32-33,36,48H,14H2,1-4H3,(H2,39,40,42,43,51)/t29-,32-,33-,36-/m1/s1. The average molecular weight is 781 g/mol. The first-order valence-corrected chi connectivity index (χ1v) is 17.1. The minimum absolute atomic E-state index is 0.0388. The molecule has 4 aromatic rings. The molecule has 57 heavy (non-hydrogen) atoms. The molecular weight excluding hydrogens is 748 g/mol. The zero-order chi connectivity index (χ0) is 40.5. The van der Waals surface area contributed by atoms with E-state index in [1.165, 1.54) is 55.3 Å². The Morgan fingerprint density at radius 1 is 0.860 bits per heavy atom. The highest BCUT2D eigenvalue weighted by Crippen LogP contribution is 2.43. The summed E-state index contributed by atoms with van der Waals surface area (Å²) < 4.78 is 34.6. The molecule has 2 aromatic heterocycles. The Balaban J connectivity index is 1.19. The van der Waals surface area contributed by atoms with Gasteiger partial charge in [0, 0.05) is 55.1 Å². The number of aromatic hydroxyl groups is 1. The summed E-state index contributed by atoms with van der Waals surface area (Å²) >= 11 is 0. The van der Waals surface area contributed by atoms with Crippen molar-refractivity contribution in [1.82, 2.24) is 19.5 Å². The molecule has 1 fully saturated rings. The van der Waals surface area contributed by atoms with Crippen LogP contribution in [0, 0.1) is 0 Å². The Labute approximate surface area is 320 Å². The average Bonchev–Trinajstić information content (AvgIpc) is 3.73. The minimum atomic E-state index is -1.22. The largest absolute Gasteiger partial charge is 0.508 e. The normalized spacial score (nSPS) is 17.6. The fourth-order valence-electron chi connectivity index (χ4n) is 6.58. The number of phenolic OH excluding ortho intramolecular Hbond substituents is 1. The quantitative estimate of drug-likeness (QED) is 0.106. The molecule has 2 aromatic carbocycles. The molecule has 0 radical (unpaired) electrons. The lowest BCUT2D eigenvalue weighted by molar-refractivity contribution is -0.166. The van der Waals surface area contributed by atoms with Crippen molar-refractivity contribution in [2.45, 2.75) is 45.3 Å². The number of phenols is 1. The maximum absolute atomic E-state index is 13.4. The van der Waals surface area contributed by atoms with E-state index in [2.05, 4.69) is 25.6 Å². The van der Waals surface area contributed by atoms with E-state index < -0.39 is 54.4 Å². The molecule has 0 spiro atoms. The lowest BCUT2D eigenvalue weighted by atomic mass is 9.90. The molecule has 1 saturated heterocycles. The molecule has 19 heteroatoms. The van der Waals surface area contributed by atoms with Gasteiger partial charge in [-0.05, 0) is 42.0 Å². The summed E-state index contributed by atoms with van der Waals surface area (Å²) in [5.74, 6) is -2.64. The van der Waals surface area contributed by atoms with Gasteiger partial charge in [0.25, 0.3) is 0 Å².